The summed E-state index contributed by atoms with van der Waals surface area (Å²) in [5.41, 5.74) is 0. The lowest BCUT2D eigenvalue weighted by molar-refractivity contribution is -2.00. The molecule has 1 aromatic heterocycles. The van der Waals surface area contributed by atoms with Gasteiger partial charge in [0.05, 0.1) is 5.03 Å². The third kappa shape index (κ3) is 10.7. The molecule has 0 amide bonds. The van der Waals surface area contributed by atoms with Crippen molar-refractivity contribution in [2.24, 2.45) is 0 Å². The van der Waals surface area contributed by atoms with Crippen LogP contribution in [0.3, 0.4) is 0 Å². The Morgan fingerprint density at radius 3 is 2.11 bits per heavy atom. The number of rotatable bonds is 2. The van der Waals surface area contributed by atoms with E-state index in [1.54, 1.807) is 11.3 Å². The number of aryl methyl sites for hydroxylation is 1. The van der Waals surface area contributed by atoms with E-state index in [0.717, 1.165) is 9.91 Å². The van der Waals surface area contributed by atoms with Crippen LogP contribution in [0.25, 0.3) is 5.03 Å². The first-order valence-corrected chi connectivity index (χ1v) is 7.08. The zero-order valence-corrected chi connectivity index (χ0v) is 12.4. The predicted octanol–water partition coefficient (Wildman–Crippen LogP) is -1.78. The topological polar surface area (TPSA) is 95.2 Å². The van der Waals surface area contributed by atoms with Crippen LogP contribution in [0, 0.1) is 17.2 Å². The zero-order chi connectivity index (χ0) is 14.3. The van der Waals surface area contributed by atoms with Crippen LogP contribution in [-0.2, 0) is 0 Å². The molecule has 1 rings (SSSR count). The minimum Gasteiger partial charge on any atom is -0.241 e. The Morgan fingerprint density at radius 2 is 1.78 bits per heavy atom. The van der Waals surface area contributed by atoms with Gasteiger partial charge in [-0.25, -0.2) is 23.2 Å². The molecular formula is C10H13Cl2NO4S. The molecule has 0 bridgehead atoms. The van der Waals surface area contributed by atoms with Crippen LogP contribution in [0.5, 0.6) is 0 Å². The van der Waals surface area contributed by atoms with E-state index in [0.29, 0.717) is 0 Å². The summed E-state index contributed by atoms with van der Waals surface area (Å²) in [7, 11) is -0.999. The number of allylic oxidation sites excluding steroid dienone is 1. The van der Waals surface area contributed by atoms with Crippen LogP contribution in [0.4, 0.5) is 0 Å². The first-order chi connectivity index (χ1) is 8.09. The Hall–Kier alpha value is -0.470. The molecule has 0 aliphatic heterocycles. The predicted molar refractivity (Wildman–Crippen MR) is 61.1 cm³/mol. The van der Waals surface area contributed by atoms with Crippen molar-refractivity contribution >= 4 is 34.2 Å². The van der Waals surface area contributed by atoms with E-state index in [2.05, 4.69) is 13.0 Å². The molecule has 0 aliphatic rings. The molecule has 102 valence electrons. The molecule has 0 spiro atoms. The van der Waals surface area contributed by atoms with Crippen molar-refractivity contribution in [2.75, 3.05) is 14.1 Å². The van der Waals surface area contributed by atoms with Gasteiger partial charge in [0, 0.05) is 15.8 Å². The van der Waals surface area contributed by atoms with E-state index >= 15 is 0 Å². The molecule has 1 heterocycles. The van der Waals surface area contributed by atoms with Gasteiger partial charge >= 0.3 is 0 Å². The van der Waals surface area contributed by atoms with Gasteiger partial charge < -0.3 is 0 Å². The maximum atomic E-state index is 8.49. The normalized spacial score (nSPS) is 11.7. The molecule has 8 heteroatoms. The van der Waals surface area contributed by atoms with E-state index in [9.17, 15) is 0 Å². The summed E-state index contributed by atoms with van der Waals surface area (Å²) in [5, 5.41) is 0.798. The van der Waals surface area contributed by atoms with Gasteiger partial charge in [0.1, 0.15) is 14.1 Å². The smallest absolute Gasteiger partial charge is 0.164 e. The molecule has 0 saturated heterocycles. The fourth-order valence-corrected chi connectivity index (χ4v) is 1.88. The molecule has 0 N–H and O–H groups in total. The molecular weight excluding hydrogens is 301 g/mol. The highest BCUT2D eigenvalue weighted by atomic mass is 35.7. The summed E-state index contributed by atoms with van der Waals surface area (Å²) < 4.78 is 35.9. The average Bonchev–Trinajstić information content (AvgIpc) is 2.58. The van der Waals surface area contributed by atoms with Crippen molar-refractivity contribution in [3.63, 3.8) is 0 Å². The van der Waals surface area contributed by atoms with E-state index < -0.39 is 10.2 Å². The van der Waals surface area contributed by atoms with Gasteiger partial charge in [-0.1, -0.05) is 11.6 Å². The first kappa shape index (κ1) is 17.5. The summed E-state index contributed by atoms with van der Waals surface area (Å²) in [6, 6.07) is 4.12. The summed E-state index contributed by atoms with van der Waals surface area (Å²) in [6.45, 7) is 2.08. The van der Waals surface area contributed by atoms with Gasteiger partial charge in [0.15, 0.2) is 6.21 Å². The van der Waals surface area contributed by atoms with E-state index in [4.69, 9.17) is 30.2 Å². The largest absolute Gasteiger partial charge is 0.241 e. The van der Waals surface area contributed by atoms with E-state index in [-0.39, 0.29) is 0 Å². The maximum absolute atomic E-state index is 8.49. The fourth-order valence-electron chi connectivity index (χ4n) is 0.860. The Balaban J connectivity index is 0.000000494. The van der Waals surface area contributed by atoms with Crippen LogP contribution in [0.15, 0.2) is 18.2 Å². The van der Waals surface area contributed by atoms with Gasteiger partial charge in [-0.2, -0.15) is 0 Å². The highest BCUT2D eigenvalue weighted by Gasteiger charge is 2.00. The third-order valence-corrected chi connectivity index (χ3v) is 2.97. The van der Waals surface area contributed by atoms with Crippen molar-refractivity contribution in [1.29, 1.82) is 0 Å². The monoisotopic (exact) mass is 313 g/mol. The summed E-state index contributed by atoms with van der Waals surface area (Å²) in [6.07, 6.45) is 3.85. The lowest BCUT2D eigenvalue weighted by Crippen LogP contribution is -2.68. The second kappa shape index (κ2) is 7.85. The lowest BCUT2D eigenvalue weighted by Gasteiger charge is -2.17. The van der Waals surface area contributed by atoms with Crippen molar-refractivity contribution in [1.82, 2.24) is 0 Å². The van der Waals surface area contributed by atoms with Crippen LogP contribution in [-0.4, -0.2) is 24.9 Å². The molecule has 0 saturated carbocycles. The number of hydrogen-bond donors (Lipinski definition) is 0. The minimum atomic E-state index is -4.94. The van der Waals surface area contributed by atoms with Gasteiger partial charge in [-0.3, -0.25) is 0 Å². The Kier molecular flexibility index (Phi) is 7.65. The van der Waals surface area contributed by atoms with Crippen molar-refractivity contribution in [3.8, 4) is 0 Å². The van der Waals surface area contributed by atoms with E-state index in [1.807, 2.05) is 37.0 Å². The molecule has 0 radical (unpaired) electrons. The van der Waals surface area contributed by atoms with Crippen molar-refractivity contribution in [3.05, 3.63) is 28.0 Å². The number of halogens is 2. The highest BCUT2D eigenvalue weighted by molar-refractivity contribution is 7.13. The van der Waals surface area contributed by atoms with Crippen LogP contribution < -0.4 is 18.6 Å². The maximum Gasteiger partial charge on any atom is 0.164 e. The molecule has 0 atom stereocenters. The van der Waals surface area contributed by atoms with E-state index in [1.165, 1.54) is 4.88 Å². The molecule has 5 nitrogen and oxygen atoms in total. The molecule has 0 aromatic carbocycles. The Labute approximate surface area is 117 Å². The highest BCUT2D eigenvalue weighted by Crippen LogP contribution is 2.25. The van der Waals surface area contributed by atoms with Crippen molar-refractivity contribution < 1.29 is 33.5 Å². The molecule has 0 aliphatic carbocycles. The van der Waals surface area contributed by atoms with Gasteiger partial charge in [0.2, 0.25) is 0 Å². The molecule has 0 fully saturated rings. The number of nitrogens with zero attached hydrogens (tertiary/aromatic N) is 1. The molecule has 0 unspecified atom stereocenters. The standard InChI is InChI=1S/C10H13ClNS.ClHO4/c1-8-4-5-10(13-8)9(11)6-7-12(2)3;2-1(3,4)5/h4-7H,1-3H3;(H,2,3,4,5)/q+1;/p-1. The second-order valence-corrected chi connectivity index (χ2v) is 5.87. The quantitative estimate of drug-likeness (QED) is 0.476. The van der Waals surface area contributed by atoms with Gasteiger partial charge in [-0.15, -0.1) is 21.6 Å². The number of hydrogen-bond acceptors (Lipinski definition) is 5. The van der Waals surface area contributed by atoms with Gasteiger partial charge in [-0.05, 0) is 19.1 Å². The summed E-state index contributed by atoms with van der Waals surface area (Å²) in [4.78, 5) is 2.41. The summed E-state index contributed by atoms with van der Waals surface area (Å²) in [5.74, 6) is 0. The van der Waals surface area contributed by atoms with Gasteiger partial charge in [0.25, 0.3) is 0 Å². The second-order valence-electron chi connectivity index (χ2n) is 3.42. The van der Waals surface area contributed by atoms with Crippen LogP contribution in [0.1, 0.15) is 9.75 Å². The molecule has 1 aromatic rings. The van der Waals surface area contributed by atoms with Crippen LogP contribution >= 0.6 is 22.9 Å². The third-order valence-electron chi connectivity index (χ3n) is 1.49. The Morgan fingerprint density at radius 1 is 1.28 bits per heavy atom. The zero-order valence-electron chi connectivity index (χ0n) is 10.1. The summed E-state index contributed by atoms with van der Waals surface area (Å²) >= 11 is 7.79. The minimum absolute atomic E-state index is 0.798. The van der Waals surface area contributed by atoms with Crippen molar-refractivity contribution in [2.45, 2.75) is 6.92 Å². The fraction of sp³-hybridized carbons (Fsp3) is 0.300. The first-order valence-electron chi connectivity index (χ1n) is 4.65. The van der Waals surface area contributed by atoms with Crippen LogP contribution in [0.2, 0.25) is 0 Å². The SMILES string of the molecule is Cc1ccc(C(Cl)=CC=[N+](C)C)s1.[O-][Cl+3]([O-])([O-])[O-]. The lowest BCUT2D eigenvalue weighted by atomic mass is 10.4. The average molecular weight is 314 g/mol. The number of thiophene rings is 1. The molecule has 18 heavy (non-hydrogen) atoms. The Bertz CT molecular complexity index is 427.